The van der Waals surface area contributed by atoms with Crippen LogP contribution in [0.2, 0.25) is 5.02 Å². The number of carbonyl (C=O) groups is 2. The van der Waals surface area contributed by atoms with Gasteiger partial charge in [-0.05, 0) is 35.9 Å². The Hall–Kier alpha value is -3.12. The van der Waals surface area contributed by atoms with Crippen LogP contribution >= 0.6 is 11.6 Å². The van der Waals surface area contributed by atoms with Crippen LogP contribution in [0.25, 0.3) is 5.69 Å². The largest absolute Gasteiger partial charge is 0.352 e. The molecule has 0 saturated heterocycles. The zero-order valence-corrected chi connectivity index (χ0v) is 14.8. The monoisotopic (exact) mass is 368 g/mol. The Balaban J connectivity index is 1.78. The van der Waals surface area contributed by atoms with Crippen LogP contribution in [-0.2, 0) is 11.3 Å². The second kappa shape index (κ2) is 7.84. The maximum Gasteiger partial charge on any atom is 0.255 e. The van der Waals surface area contributed by atoms with Gasteiger partial charge in [-0.15, -0.1) is 0 Å². The van der Waals surface area contributed by atoms with Crippen LogP contribution in [0.5, 0.6) is 0 Å². The Morgan fingerprint density at radius 1 is 1.12 bits per heavy atom. The summed E-state index contributed by atoms with van der Waals surface area (Å²) < 4.78 is 1.61. The summed E-state index contributed by atoms with van der Waals surface area (Å²) in [6.07, 6.45) is 3.40. The first-order valence-electron chi connectivity index (χ1n) is 7.98. The summed E-state index contributed by atoms with van der Waals surface area (Å²) in [7, 11) is 0. The van der Waals surface area contributed by atoms with E-state index in [1.165, 1.54) is 6.92 Å². The topological polar surface area (TPSA) is 76.0 Å². The van der Waals surface area contributed by atoms with Gasteiger partial charge >= 0.3 is 0 Å². The molecule has 0 saturated carbocycles. The van der Waals surface area contributed by atoms with Crippen LogP contribution in [0.4, 0.5) is 5.69 Å². The van der Waals surface area contributed by atoms with Gasteiger partial charge in [-0.25, -0.2) is 4.68 Å². The normalized spacial score (nSPS) is 10.4. The molecule has 6 nitrogen and oxygen atoms in total. The number of anilines is 1. The average Bonchev–Trinajstić information content (AvgIpc) is 3.14. The van der Waals surface area contributed by atoms with Crippen molar-refractivity contribution in [2.75, 3.05) is 5.32 Å². The summed E-state index contributed by atoms with van der Waals surface area (Å²) in [4.78, 5) is 23.5. The molecular formula is C19H17ClN4O2. The number of hydrogen-bond acceptors (Lipinski definition) is 3. The van der Waals surface area contributed by atoms with Crippen LogP contribution in [-0.4, -0.2) is 21.6 Å². The second-order valence-corrected chi connectivity index (χ2v) is 6.05. The Bertz CT molecular complexity index is 921. The molecule has 26 heavy (non-hydrogen) atoms. The van der Waals surface area contributed by atoms with Crippen LogP contribution < -0.4 is 10.6 Å². The highest BCUT2D eigenvalue weighted by Crippen LogP contribution is 2.28. The molecule has 7 heteroatoms. The van der Waals surface area contributed by atoms with Crippen molar-refractivity contribution in [3.8, 4) is 5.69 Å². The van der Waals surface area contributed by atoms with Crippen molar-refractivity contribution in [3.63, 3.8) is 0 Å². The van der Waals surface area contributed by atoms with Crippen LogP contribution in [0.3, 0.4) is 0 Å². The van der Waals surface area contributed by atoms with E-state index in [9.17, 15) is 9.59 Å². The number of amides is 2. The minimum absolute atomic E-state index is 0.0982. The maximum absolute atomic E-state index is 12.6. The zero-order valence-electron chi connectivity index (χ0n) is 14.1. The van der Waals surface area contributed by atoms with Gasteiger partial charge in [-0.2, -0.15) is 5.10 Å². The van der Waals surface area contributed by atoms with Gasteiger partial charge in [0.2, 0.25) is 5.91 Å². The summed E-state index contributed by atoms with van der Waals surface area (Å²) in [5.74, 6) is -0.356. The van der Waals surface area contributed by atoms with Gasteiger partial charge in [0.1, 0.15) is 5.69 Å². The lowest BCUT2D eigenvalue weighted by Gasteiger charge is -2.13. The van der Waals surface area contributed by atoms with Crippen molar-refractivity contribution in [2.24, 2.45) is 0 Å². The molecule has 0 bridgehead atoms. The molecule has 0 aliphatic carbocycles. The minimum Gasteiger partial charge on any atom is -0.352 e. The molecule has 1 heterocycles. The van der Waals surface area contributed by atoms with Gasteiger partial charge in [0.05, 0.1) is 10.7 Å². The molecular weight excluding hydrogens is 352 g/mol. The van der Waals surface area contributed by atoms with Crippen molar-refractivity contribution in [1.29, 1.82) is 0 Å². The summed E-state index contributed by atoms with van der Waals surface area (Å²) in [6.45, 7) is 1.89. The number of rotatable bonds is 5. The highest BCUT2D eigenvalue weighted by molar-refractivity contribution is 6.33. The molecule has 0 spiro atoms. The van der Waals surface area contributed by atoms with Crippen molar-refractivity contribution in [2.45, 2.75) is 13.5 Å². The maximum atomic E-state index is 12.6. The number of benzene rings is 2. The van der Waals surface area contributed by atoms with E-state index >= 15 is 0 Å². The molecule has 0 aliphatic rings. The first kappa shape index (κ1) is 17.7. The predicted molar refractivity (Wildman–Crippen MR) is 100 cm³/mol. The first-order chi connectivity index (χ1) is 12.5. The van der Waals surface area contributed by atoms with E-state index in [0.29, 0.717) is 28.5 Å². The highest BCUT2D eigenvalue weighted by atomic mass is 35.5. The lowest BCUT2D eigenvalue weighted by molar-refractivity contribution is -0.119. The quantitative estimate of drug-likeness (QED) is 0.724. The third kappa shape index (κ3) is 4.10. The fourth-order valence-corrected chi connectivity index (χ4v) is 2.71. The number of nitrogens with zero attached hydrogens (tertiary/aromatic N) is 2. The van der Waals surface area contributed by atoms with Crippen molar-refractivity contribution in [3.05, 3.63) is 77.1 Å². The lowest BCUT2D eigenvalue weighted by atomic mass is 10.1. The Morgan fingerprint density at radius 2 is 1.88 bits per heavy atom. The smallest absolute Gasteiger partial charge is 0.255 e. The van der Waals surface area contributed by atoms with Crippen LogP contribution in [0.15, 0.2) is 60.9 Å². The zero-order chi connectivity index (χ0) is 18.5. The predicted octanol–water partition coefficient (Wildman–Crippen LogP) is 3.41. The number of para-hydroxylation sites is 1. The van der Waals surface area contributed by atoms with E-state index < -0.39 is 0 Å². The second-order valence-electron chi connectivity index (χ2n) is 5.65. The molecule has 132 valence electrons. The van der Waals surface area contributed by atoms with Gasteiger partial charge < -0.3 is 10.6 Å². The SMILES string of the molecule is CC(=O)NCc1ccc(C(=O)Nc2cccc(Cl)c2-n2cccn2)cc1. The molecule has 0 unspecified atom stereocenters. The molecule has 1 aromatic heterocycles. The lowest BCUT2D eigenvalue weighted by Crippen LogP contribution is -2.19. The highest BCUT2D eigenvalue weighted by Gasteiger charge is 2.13. The third-order valence-electron chi connectivity index (χ3n) is 3.73. The van der Waals surface area contributed by atoms with Gasteiger partial charge in [0.25, 0.3) is 5.91 Å². The van der Waals surface area contributed by atoms with Crippen molar-refractivity contribution >= 4 is 29.1 Å². The summed E-state index contributed by atoms with van der Waals surface area (Å²) >= 11 is 6.28. The number of hydrogen-bond donors (Lipinski definition) is 2. The number of carbonyl (C=O) groups excluding carboxylic acids is 2. The molecule has 0 fully saturated rings. The van der Waals surface area contributed by atoms with Crippen LogP contribution in [0.1, 0.15) is 22.8 Å². The Morgan fingerprint density at radius 3 is 2.54 bits per heavy atom. The van der Waals surface area contributed by atoms with Gasteiger partial charge in [0, 0.05) is 31.4 Å². The average molecular weight is 369 g/mol. The third-order valence-corrected chi connectivity index (χ3v) is 4.03. The Labute approximate surface area is 155 Å². The fraction of sp³-hybridized carbons (Fsp3) is 0.105. The molecule has 3 aromatic rings. The van der Waals surface area contributed by atoms with E-state index in [-0.39, 0.29) is 11.8 Å². The first-order valence-corrected chi connectivity index (χ1v) is 8.35. The number of halogens is 1. The van der Waals surface area contributed by atoms with E-state index in [1.807, 2.05) is 0 Å². The fourth-order valence-electron chi connectivity index (χ4n) is 2.45. The molecule has 0 aliphatic heterocycles. The molecule has 2 aromatic carbocycles. The van der Waals surface area contributed by atoms with Crippen molar-refractivity contribution < 1.29 is 9.59 Å². The number of aromatic nitrogens is 2. The number of nitrogens with one attached hydrogen (secondary N) is 2. The van der Waals surface area contributed by atoms with Gasteiger partial charge in [-0.1, -0.05) is 29.8 Å². The summed E-state index contributed by atoms with van der Waals surface area (Å²) in [5.41, 5.74) is 2.59. The van der Waals surface area contributed by atoms with Gasteiger partial charge in [0.15, 0.2) is 0 Å². The summed E-state index contributed by atoms with van der Waals surface area (Å²) in [5, 5.41) is 10.3. The van der Waals surface area contributed by atoms with Crippen molar-refractivity contribution in [1.82, 2.24) is 15.1 Å². The van der Waals surface area contributed by atoms with Crippen LogP contribution in [0, 0.1) is 0 Å². The van der Waals surface area contributed by atoms with E-state index in [4.69, 9.17) is 11.6 Å². The molecule has 2 N–H and O–H groups in total. The summed E-state index contributed by atoms with van der Waals surface area (Å²) in [6, 6.07) is 14.1. The van der Waals surface area contributed by atoms with E-state index in [1.54, 1.807) is 65.6 Å². The minimum atomic E-state index is -0.258. The Kier molecular flexibility index (Phi) is 5.34. The molecule has 0 radical (unpaired) electrons. The molecule has 0 atom stereocenters. The van der Waals surface area contributed by atoms with Gasteiger partial charge in [-0.3, -0.25) is 9.59 Å². The molecule has 3 rings (SSSR count). The standard InChI is InChI=1S/C19H17ClN4O2/c1-13(25)21-12-14-6-8-15(9-7-14)19(26)23-17-5-2-4-16(20)18(17)24-11-3-10-22-24/h2-11H,12H2,1H3,(H,21,25)(H,23,26). The van der Waals surface area contributed by atoms with E-state index in [0.717, 1.165) is 5.56 Å². The molecule has 2 amide bonds. The van der Waals surface area contributed by atoms with E-state index in [2.05, 4.69) is 15.7 Å².